The molecule has 0 unspecified atom stereocenters. The molecule has 7 aromatic rings. The van der Waals surface area contributed by atoms with E-state index >= 15 is 0 Å². The number of rotatable bonds is 8. The van der Waals surface area contributed by atoms with Crippen LogP contribution in [0.3, 0.4) is 0 Å². The second-order valence-corrected chi connectivity index (χ2v) is 17.3. The Balaban J connectivity index is 0.000000378. The standard InChI is InChI=1S/C32H12BF24.C19H15N2O/c34-25(35,36)13-1-14(26(37,38)39)6-21(5-13)33(22-7-15(27(40,41)42)2-16(8-22)28(43,44)45,23-9-17(29(46,47)48)3-18(10-23)30(49,50)51)24-11-19(31(52,53)54)4-20(12-24)32(55,56)57;20-13-12-19(22)18-11-10-16-8-4-5-9-17(16)21(18)14-15-6-2-1-3-7-15/h1-12H;1-11H,12,14H2/q-1;+1. The SMILES string of the molecule is FC(F)(F)c1cc([B-](c2cc(C(F)(F)F)cc(C(F)(F)F)c2)(c2cc(C(F)(F)F)cc(C(F)(F)F)c2)c2cc(C(F)(F)F)cc(C(F)(F)F)c2)cc(C(F)(F)F)c1.N#CCC(=O)c1ccc2ccccc2[n+]1Cc1ccccc1. The number of benzene rings is 6. The minimum Gasteiger partial charge on any atom is -0.286 e. The predicted molar refractivity (Wildman–Crippen MR) is 234 cm³/mol. The van der Waals surface area contributed by atoms with Crippen molar-refractivity contribution in [2.24, 2.45) is 0 Å². The van der Waals surface area contributed by atoms with E-state index in [2.05, 4.69) is 0 Å². The Labute approximate surface area is 427 Å². The summed E-state index contributed by atoms with van der Waals surface area (Å²) < 4.78 is 343. The zero-order valence-corrected chi connectivity index (χ0v) is 38.6. The number of fused-ring (bicyclic) bond motifs is 1. The molecule has 0 fully saturated rings. The van der Waals surface area contributed by atoms with Gasteiger partial charge >= 0.3 is 49.4 Å². The van der Waals surface area contributed by atoms with Gasteiger partial charge in [-0.05, 0) is 36.4 Å². The molecule has 418 valence electrons. The average molecular weight is 1150 g/mol. The van der Waals surface area contributed by atoms with Crippen LogP contribution in [0.5, 0.6) is 0 Å². The lowest BCUT2D eigenvalue weighted by Crippen LogP contribution is -2.75. The largest absolute Gasteiger partial charge is 0.416 e. The van der Waals surface area contributed by atoms with Crippen LogP contribution in [0.25, 0.3) is 10.9 Å². The number of ketones is 1. The van der Waals surface area contributed by atoms with Gasteiger partial charge in [-0.1, -0.05) is 91.0 Å². The highest BCUT2D eigenvalue weighted by atomic mass is 19.4. The molecule has 3 nitrogen and oxygen atoms in total. The molecule has 0 spiro atoms. The molecule has 0 amide bonds. The molecule has 0 bridgehead atoms. The minimum absolute atomic E-state index is 0.104. The number of Topliss-reactive ketones (excluding diaryl/α,β-unsaturated/α-hetero) is 1. The zero-order valence-electron chi connectivity index (χ0n) is 38.6. The van der Waals surface area contributed by atoms with E-state index in [1.165, 1.54) is 0 Å². The van der Waals surface area contributed by atoms with Gasteiger partial charge < -0.3 is 0 Å². The maximum absolute atomic E-state index is 14.2. The van der Waals surface area contributed by atoms with E-state index in [4.69, 9.17) is 5.26 Å². The number of alkyl halides is 24. The Bertz CT molecular complexity index is 2990. The van der Waals surface area contributed by atoms with Crippen LogP contribution in [0, 0.1) is 11.3 Å². The lowest BCUT2D eigenvalue weighted by Gasteiger charge is -2.46. The minimum atomic E-state index is -6.13. The molecular formula is C51H27BF24N2O. The van der Waals surface area contributed by atoms with Gasteiger partial charge in [0, 0.05) is 23.1 Å². The lowest BCUT2D eigenvalue weighted by atomic mass is 9.12. The first-order chi connectivity index (χ1) is 36.1. The second-order valence-electron chi connectivity index (χ2n) is 17.3. The Kier molecular flexibility index (Phi) is 16.2. The number of pyridine rings is 1. The van der Waals surface area contributed by atoms with Crippen molar-refractivity contribution in [1.29, 1.82) is 5.26 Å². The Morgan fingerprint density at radius 3 is 0.937 bits per heavy atom. The quantitative estimate of drug-likeness (QED) is 0.0659. The van der Waals surface area contributed by atoms with Gasteiger partial charge in [-0.2, -0.15) is 137 Å². The molecule has 0 radical (unpaired) electrons. The number of hydrogen-bond donors (Lipinski definition) is 0. The van der Waals surface area contributed by atoms with E-state index in [1.807, 2.05) is 77.4 Å². The van der Waals surface area contributed by atoms with Crippen molar-refractivity contribution in [3.8, 4) is 6.07 Å². The monoisotopic (exact) mass is 1150 g/mol. The number of halogens is 24. The molecule has 0 aliphatic rings. The topological polar surface area (TPSA) is 44.7 Å². The van der Waals surface area contributed by atoms with E-state index in [0.29, 0.717) is 12.2 Å². The fraction of sp³-hybridized carbons (Fsp3) is 0.196. The summed E-state index contributed by atoms with van der Waals surface area (Å²) in [6.07, 6.45) is -54.9. The summed E-state index contributed by atoms with van der Waals surface area (Å²) in [5.74, 6) is -0.149. The van der Waals surface area contributed by atoms with E-state index in [0.717, 1.165) is 16.5 Å². The Morgan fingerprint density at radius 1 is 0.380 bits per heavy atom. The van der Waals surface area contributed by atoms with Crippen LogP contribution < -0.4 is 26.4 Å². The van der Waals surface area contributed by atoms with Crippen molar-refractivity contribution in [3.05, 3.63) is 195 Å². The van der Waals surface area contributed by atoms with Gasteiger partial charge in [0.1, 0.15) is 12.6 Å². The summed E-state index contributed by atoms with van der Waals surface area (Å²) >= 11 is 0. The predicted octanol–water partition coefficient (Wildman–Crippen LogP) is 14.5. The van der Waals surface area contributed by atoms with Crippen molar-refractivity contribution in [2.45, 2.75) is 62.4 Å². The molecule has 0 saturated heterocycles. The summed E-state index contributed by atoms with van der Waals surface area (Å²) in [5.41, 5.74) is -27.5. The summed E-state index contributed by atoms with van der Waals surface area (Å²) in [7, 11) is 0. The maximum Gasteiger partial charge on any atom is 0.416 e. The van der Waals surface area contributed by atoms with Gasteiger partial charge in [0.25, 0.3) is 5.69 Å². The molecule has 6 aromatic carbocycles. The van der Waals surface area contributed by atoms with Gasteiger partial charge in [-0.3, -0.25) is 4.79 Å². The number of nitrogens with zero attached hydrogens (tertiary/aromatic N) is 2. The van der Waals surface area contributed by atoms with E-state index in [1.54, 1.807) is 0 Å². The summed E-state index contributed by atoms with van der Waals surface area (Å²) in [6, 6.07) is 14.8. The highest BCUT2D eigenvalue weighted by Crippen LogP contribution is 2.41. The van der Waals surface area contributed by atoms with Crippen LogP contribution >= 0.6 is 0 Å². The first-order valence-electron chi connectivity index (χ1n) is 21.8. The van der Waals surface area contributed by atoms with Gasteiger partial charge in [-0.25, -0.2) is 0 Å². The van der Waals surface area contributed by atoms with Crippen LogP contribution in [0.4, 0.5) is 105 Å². The van der Waals surface area contributed by atoms with Crippen LogP contribution in [-0.2, 0) is 56.0 Å². The van der Waals surface area contributed by atoms with Crippen molar-refractivity contribution >= 4 is 44.7 Å². The first kappa shape index (κ1) is 60.5. The highest BCUT2D eigenvalue weighted by Gasteiger charge is 2.47. The molecule has 0 aliphatic carbocycles. The summed E-state index contributed by atoms with van der Waals surface area (Å²) in [4.78, 5) is 12.3. The van der Waals surface area contributed by atoms with Crippen LogP contribution in [0.15, 0.2) is 140 Å². The van der Waals surface area contributed by atoms with Crippen LogP contribution in [0.1, 0.15) is 67.0 Å². The smallest absolute Gasteiger partial charge is 0.286 e. The van der Waals surface area contributed by atoms with Crippen molar-refractivity contribution in [1.82, 2.24) is 0 Å². The summed E-state index contributed by atoms with van der Waals surface area (Å²) in [6.45, 7) is 0.606. The van der Waals surface area contributed by atoms with Gasteiger partial charge in [0.15, 0.2) is 6.54 Å². The average Bonchev–Trinajstić information content (AvgIpc) is 3.54. The molecule has 7 rings (SSSR count). The first-order valence-corrected chi connectivity index (χ1v) is 21.8. The Hall–Kier alpha value is -7.73. The maximum atomic E-state index is 14.2. The normalized spacial score (nSPS) is 13.2. The number of carbonyl (C=O) groups excluding carboxylic acids is 1. The molecular weight excluding hydrogens is 1120 g/mol. The van der Waals surface area contributed by atoms with E-state index in [-0.39, 0.29) is 12.2 Å². The number of para-hydroxylation sites is 1. The number of hydrogen-bond acceptors (Lipinski definition) is 2. The third-order valence-corrected chi connectivity index (χ3v) is 12.1. The molecule has 0 aliphatic heterocycles. The van der Waals surface area contributed by atoms with Crippen molar-refractivity contribution in [3.63, 3.8) is 0 Å². The molecule has 1 aromatic heterocycles. The number of nitriles is 1. The fourth-order valence-electron chi connectivity index (χ4n) is 8.68. The lowest BCUT2D eigenvalue weighted by molar-refractivity contribution is -0.664. The van der Waals surface area contributed by atoms with Gasteiger partial charge in [-0.15, -0.1) is 0 Å². The number of carbonyl (C=O) groups is 1. The van der Waals surface area contributed by atoms with E-state index in [9.17, 15) is 110 Å². The molecule has 28 heteroatoms. The third kappa shape index (κ3) is 13.6. The van der Waals surface area contributed by atoms with Crippen LogP contribution in [0.2, 0.25) is 0 Å². The van der Waals surface area contributed by atoms with Gasteiger partial charge in [0.05, 0.1) is 50.6 Å². The molecule has 79 heavy (non-hydrogen) atoms. The Morgan fingerprint density at radius 2 is 0.658 bits per heavy atom. The summed E-state index contributed by atoms with van der Waals surface area (Å²) in [5, 5.41) is 9.89. The zero-order chi connectivity index (χ0) is 59.3. The third-order valence-electron chi connectivity index (χ3n) is 12.1. The van der Waals surface area contributed by atoms with E-state index < -0.39 is 195 Å². The second kappa shape index (κ2) is 21.2. The molecule has 0 atom stereocenters. The van der Waals surface area contributed by atoms with Crippen LogP contribution in [-0.4, -0.2) is 11.9 Å². The molecule has 0 saturated carbocycles. The molecule has 1 heterocycles. The highest BCUT2D eigenvalue weighted by molar-refractivity contribution is 7.20. The molecule has 0 N–H and O–H groups in total. The number of aromatic nitrogens is 1. The van der Waals surface area contributed by atoms with Crippen molar-refractivity contribution in [2.75, 3.05) is 0 Å². The fourth-order valence-corrected chi connectivity index (χ4v) is 8.68. The van der Waals surface area contributed by atoms with Gasteiger partial charge in [0.2, 0.25) is 11.3 Å². The van der Waals surface area contributed by atoms with Crippen molar-refractivity contribution < 1.29 is 115 Å².